The molecular formula is C39H45N3O5S. The van der Waals surface area contributed by atoms with E-state index in [1.165, 1.54) is 0 Å². The lowest BCUT2D eigenvalue weighted by molar-refractivity contribution is -0.140. The van der Waals surface area contributed by atoms with Crippen LogP contribution in [0.4, 0.5) is 5.69 Å². The van der Waals surface area contributed by atoms with Crippen LogP contribution in [-0.4, -0.2) is 50.0 Å². The first-order chi connectivity index (χ1) is 23.2. The normalized spacial score (nSPS) is 14.1. The zero-order valence-electron chi connectivity index (χ0n) is 27.8. The molecule has 1 fully saturated rings. The number of nitrogens with zero attached hydrogens (tertiary/aromatic N) is 2. The molecule has 0 bridgehead atoms. The van der Waals surface area contributed by atoms with E-state index in [9.17, 15) is 18.0 Å². The Hall–Kier alpha value is -4.63. The molecule has 0 spiro atoms. The van der Waals surface area contributed by atoms with Crippen molar-refractivity contribution in [3.63, 3.8) is 0 Å². The van der Waals surface area contributed by atoms with Gasteiger partial charge in [-0.05, 0) is 60.7 Å². The Morgan fingerprint density at radius 2 is 1.40 bits per heavy atom. The summed E-state index contributed by atoms with van der Waals surface area (Å²) in [5, 5.41) is 3.24. The number of hydrogen-bond donors (Lipinski definition) is 1. The highest BCUT2D eigenvalue weighted by molar-refractivity contribution is 7.92. The molecule has 1 atom stereocenters. The molecule has 1 N–H and O–H groups in total. The highest BCUT2D eigenvalue weighted by Gasteiger charge is 2.34. The number of carbonyl (C=O) groups excluding carboxylic acids is 2. The molecule has 0 saturated heterocycles. The van der Waals surface area contributed by atoms with E-state index >= 15 is 0 Å². The van der Waals surface area contributed by atoms with Crippen molar-refractivity contribution in [1.29, 1.82) is 0 Å². The first-order valence-electron chi connectivity index (χ1n) is 16.6. The minimum atomic E-state index is -3.88. The third-order valence-corrected chi connectivity index (χ3v) is 9.89. The third kappa shape index (κ3) is 9.94. The van der Waals surface area contributed by atoms with Gasteiger partial charge in [-0.3, -0.25) is 13.9 Å². The average molecular weight is 668 g/mol. The summed E-state index contributed by atoms with van der Waals surface area (Å²) >= 11 is 0. The Kier molecular flexibility index (Phi) is 11.9. The molecule has 4 aromatic rings. The lowest BCUT2D eigenvalue weighted by Gasteiger charge is -2.35. The molecule has 0 radical (unpaired) electrons. The number of benzene rings is 4. The highest BCUT2D eigenvalue weighted by Crippen LogP contribution is 2.24. The van der Waals surface area contributed by atoms with Crippen molar-refractivity contribution in [2.24, 2.45) is 0 Å². The molecule has 252 valence electrons. The third-order valence-electron chi connectivity index (χ3n) is 8.75. The smallest absolute Gasteiger partial charge is 0.244 e. The number of rotatable bonds is 14. The highest BCUT2D eigenvalue weighted by atomic mass is 32.2. The SMILES string of the molecule is Cc1ccc(CN(C(=O)CN(c2ccc(OCc3ccccc3)cc2)S(C)(=O)=O)[C@H](Cc2ccccc2)C(=O)NC2CCCCC2)cc1. The summed E-state index contributed by atoms with van der Waals surface area (Å²) in [6, 6.07) is 33.1. The lowest BCUT2D eigenvalue weighted by Crippen LogP contribution is -2.55. The molecule has 0 heterocycles. The van der Waals surface area contributed by atoms with Crippen LogP contribution in [-0.2, 0) is 39.2 Å². The predicted octanol–water partition coefficient (Wildman–Crippen LogP) is 6.43. The van der Waals surface area contributed by atoms with Crippen LogP contribution in [0.2, 0.25) is 0 Å². The Balaban J connectivity index is 1.43. The summed E-state index contributed by atoms with van der Waals surface area (Å²) in [6.45, 7) is 2.05. The maximum atomic E-state index is 14.4. The van der Waals surface area contributed by atoms with Gasteiger partial charge >= 0.3 is 0 Å². The van der Waals surface area contributed by atoms with Crippen molar-refractivity contribution in [3.05, 3.63) is 131 Å². The van der Waals surface area contributed by atoms with E-state index in [-0.39, 0.29) is 18.5 Å². The second-order valence-electron chi connectivity index (χ2n) is 12.6. The van der Waals surface area contributed by atoms with Crippen molar-refractivity contribution in [1.82, 2.24) is 10.2 Å². The predicted molar refractivity (Wildman–Crippen MR) is 190 cm³/mol. The molecule has 48 heavy (non-hydrogen) atoms. The number of hydrogen-bond acceptors (Lipinski definition) is 5. The Labute approximate surface area is 284 Å². The number of amides is 2. The van der Waals surface area contributed by atoms with Crippen LogP contribution in [0.1, 0.15) is 54.4 Å². The van der Waals surface area contributed by atoms with E-state index in [1.807, 2.05) is 91.9 Å². The number of anilines is 1. The number of nitrogens with one attached hydrogen (secondary N) is 1. The topological polar surface area (TPSA) is 96.0 Å². The molecule has 8 nitrogen and oxygen atoms in total. The molecule has 1 aliphatic rings. The summed E-state index contributed by atoms with van der Waals surface area (Å²) in [7, 11) is -3.88. The number of ether oxygens (including phenoxy) is 1. The van der Waals surface area contributed by atoms with Crippen LogP contribution in [0.5, 0.6) is 5.75 Å². The second kappa shape index (κ2) is 16.5. The fourth-order valence-electron chi connectivity index (χ4n) is 6.05. The van der Waals surface area contributed by atoms with E-state index in [0.29, 0.717) is 24.5 Å². The molecule has 1 saturated carbocycles. The monoisotopic (exact) mass is 667 g/mol. The summed E-state index contributed by atoms with van der Waals surface area (Å²) in [5.41, 5.74) is 4.18. The van der Waals surface area contributed by atoms with Gasteiger partial charge in [0.15, 0.2) is 0 Å². The van der Waals surface area contributed by atoms with E-state index < -0.39 is 28.5 Å². The van der Waals surface area contributed by atoms with E-state index in [1.54, 1.807) is 29.2 Å². The fraction of sp³-hybridized carbons (Fsp3) is 0.333. The Morgan fingerprint density at radius 1 is 0.792 bits per heavy atom. The summed E-state index contributed by atoms with van der Waals surface area (Å²) in [4.78, 5) is 30.1. The standard InChI is InChI=1S/C39H45N3O5S/c1-30-18-20-32(21-19-30)27-41(37(26-31-12-6-3-7-13-31)39(44)40-34-16-10-5-11-17-34)38(43)28-42(48(2,45)46)35-22-24-36(25-23-35)47-29-33-14-8-4-9-15-33/h3-4,6-9,12-15,18-25,34,37H,5,10-11,16-17,26-29H2,1-2H3,(H,40,44)/t37-/m1/s1. The average Bonchev–Trinajstić information content (AvgIpc) is 3.09. The molecule has 9 heteroatoms. The fourth-order valence-corrected chi connectivity index (χ4v) is 6.90. The van der Waals surface area contributed by atoms with Gasteiger partial charge in [-0.2, -0.15) is 0 Å². The van der Waals surface area contributed by atoms with Crippen molar-refractivity contribution in [2.45, 2.75) is 70.7 Å². The molecular weight excluding hydrogens is 623 g/mol. The molecule has 0 unspecified atom stereocenters. The van der Waals surface area contributed by atoms with Gasteiger partial charge in [0.1, 0.15) is 24.9 Å². The minimum absolute atomic E-state index is 0.0518. The molecule has 5 rings (SSSR count). The number of carbonyl (C=O) groups is 2. The Bertz CT molecular complexity index is 1720. The number of aryl methyl sites for hydroxylation is 1. The van der Waals surface area contributed by atoms with Crippen LogP contribution in [0.15, 0.2) is 109 Å². The van der Waals surface area contributed by atoms with Gasteiger partial charge in [0.25, 0.3) is 0 Å². The summed E-state index contributed by atoms with van der Waals surface area (Å²) < 4.78 is 33.4. The minimum Gasteiger partial charge on any atom is -0.489 e. The Morgan fingerprint density at radius 3 is 2.00 bits per heavy atom. The van der Waals surface area contributed by atoms with Gasteiger partial charge in [-0.15, -0.1) is 0 Å². The van der Waals surface area contributed by atoms with E-state index in [2.05, 4.69) is 5.32 Å². The molecule has 4 aromatic carbocycles. The zero-order chi connectivity index (χ0) is 33.9. The molecule has 2 amide bonds. The van der Waals surface area contributed by atoms with Crippen molar-refractivity contribution in [2.75, 3.05) is 17.1 Å². The van der Waals surface area contributed by atoms with Crippen LogP contribution >= 0.6 is 0 Å². The maximum absolute atomic E-state index is 14.4. The summed E-state index contributed by atoms with van der Waals surface area (Å²) in [6.07, 6.45) is 6.45. The quantitative estimate of drug-likeness (QED) is 0.167. The van der Waals surface area contributed by atoms with Gasteiger partial charge in [-0.1, -0.05) is 110 Å². The van der Waals surface area contributed by atoms with Crippen LogP contribution < -0.4 is 14.4 Å². The van der Waals surface area contributed by atoms with Crippen molar-refractivity contribution in [3.8, 4) is 5.75 Å². The van der Waals surface area contributed by atoms with Gasteiger partial charge in [0.2, 0.25) is 21.8 Å². The van der Waals surface area contributed by atoms with Crippen LogP contribution in [0, 0.1) is 6.92 Å². The zero-order valence-corrected chi connectivity index (χ0v) is 28.6. The van der Waals surface area contributed by atoms with Crippen LogP contribution in [0.25, 0.3) is 0 Å². The van der Waals surface area contributed by atoms with E-state index in [4.69, 9.17) is 4.74 Å². The van der Waals surface area contributed by atoms with Gasteiger partial charge in [-0.25, -0.2) is 8.42 Å². The van der Waals surface area contributed by atoms with Gasteiger partial charge in [0.05, 0.1) is 11.9 Å². The van der Waals surface area contributed by atoms with E-state index in [0.717, 1.165) is 64.9 Å². The molecule has 0 aromatic heterocycles. The first kappa shape index (κ1) is 34.7. The van der Waals surface area contributed by atoms with Crippen molar-refractivity contribution < 1.29 is 22.7 Å². The lowest BCUT2D eigenvalue weighted by atomic mass is 9.94. The molecule has 1 aliphatic carbocycles. The maximum Gasteiger partial charge on any atom is 0.244 e. The van der Waals surface area contributed by atoms with Gasteiger partial charge in [0, 0.05) is 19.0 Å². The second-order valence-corrected chi connectivity index (χ2v) is 14.5. The van der Waals surface area contributed by atoms with Gasteiger partial charge < -0.3 is 15.0 Å². The summed E-state index contributed by atoms with van der Waals surface area (Å²) in [5.74, 6) is -0.118. The number of sulfonamides is 1. The molecule has 0 aliphatic heterocycles. The largest absolute Gasteiger partial charge is 0.489 e. The first-order valence-corrected chi connectivity index (χ1v) is 18.4. The van der Waals surface area contributed by atoms with Crippen molar-refractivity contribution >= 4 is 27.5 Å². The van der Waals surface area contributed by atoms with Crippen LogP contribution in [0.3, 0.4) is 0 Å².